The van der Waals surface area contributed by atoms with E-state index in [1.165, 1.54) is 31.2 Å². The van der Waals surface area contributed by atoms with Crippen molar-refractivity contribution in [3.8, 4) is 0 Å². The molecule has 0 bridgehead atoms. The van der Waals surface area contributed by atoms with Crippen LogP contribution in [0.5, 0.6) is 0 Å². The number of hydrogen-bond donors (Lipinski definition) is 2. The molecule has 2 N–H and O–H groups in total. The number of nitrogens with zero attached hydrogens (tertiary/aromatic N) is 2. The zero-order chi connectivity index (χ0) is 26.9. The second kappa shape index (κ2) is 9.73. The van der Waals surface area contributed by atoms with Crippen molar-refractivity contribution >= 4 is 34.5 Å². The van der Waals surface area contributed by atoms with Gasteiger partial charge >= 0.3 is 11.9 Å². The normalized spacial score (nSPS) is 15.5. The van der Waals surface area contributed by atoms with Crippen molar-refractivity contribution in [1.29, 1.82) is 0 Å². The minimum atomic E-state index is -1.61. The summed E-state index contributed by atoms with van der Waals surface area (Å²) in [4.78, 5) is 37.6. The Labute approximate surface area is 213 Å². The first kappa shape index (κ1) is 25.4. The molecular formula is C29H26N2O6. The van der Waals surface area contributed by atoms with Crippen molar-refractivity contribution in [2.45, 2.75) is 26.2 Å². The van der Waals surface area contributed by atoms with Gasteiger partial charge in [-0.1, -0.05) is 60.7 Å². The molecular weight excluding hydrogens is 472 g/mol. The summed E-state index contributed by atoms with van der Waals surface area (Å²) in [5.74, 6) is -2.58. The van der Waals surface area contributed by atoms with Gasteiger partial charge in [-0.2, -0.15) is 0 Å². The number of hydrogen-bond acceptors (Lipinski definition) is 5. The molecule has 0 aliphatic carbocycles. The van der Waals surface area contributed by atoms with Crippen LogP contribution in [0.4, 0.5) is 5.69 Å². The molecule has 0 aromatic heterocycles. The average Bonchev–Trinajstić information content (AvgIpc) is 2.85. The van der Waals surface area contributed by atoms with Crippen molar-refractivity contribution in [2.75, 3.05) is 6.54 Å². The van der Waals surface area contributed by atoms with Crippen LogP contribution in [0.2, 0.25) is 0 Å². The maximum atomic E-state index is 12.6. The van der Waals surface area contributed by atoms with E-state index < -0.39 is 22.3 Å². The first-order chi connectivity index (χ1) is 17.6. The lowest BCUT2D eigenvalue weighted by Crippen LogP contribution is -2.44. The first-order valence-electron chi connectivity index (χ1n) is 11.6. The van der Waals surface area contributed by atoms with Crippen molar-refractivity contribution in [3.05, 3.63) is 117 Å². The lowest BCUT2D eigenvalue weighted by Gasteiger charge is -2.42. The van der Waals surface area contributed by atoms with Crippen LogP contribution in [0.3, 0.4) is 0 Å². The Bertz CT molecular complexity index is 1490. The van der Waals surface area contributed by atoms with E-state index in [9.17, 15) is 29.9 Å². The molecule has 0 amide bonds. The van der Waals surface area contributed by atoms with Crippen molar-refractivity contribution in [2.24, 2.45) is 0 Å². The number of aliphatic carboxylic acids is 2. The van der Waals surface area contributed by atoms with E-state index >= 15 is 0 Å². The molecule has 8 heteroatoms. The number of carboxylic acid groups (broad SMARTS) is 2. The van der Waals surface area contributed by atoms with Gasteiger partial charge in [0.1, 0.15) is 0 Å². The molecule has 0 spiro atoms. The van der Waals surface area contributed by atoms with E-state index in [1.807, 2.05) is 54.6 Å². The Morgan fingerprint density at radius 2 is 1.54 bits per heavy atom. The Kier molecular flexibility index (Phi) is 6.68. The number of fused-ring (bicyclic) bond motifs is 1. The van der Waals surface area contributed by atoms with Crippen LogP contribution in [-0.4, -0.2) is 38.5 Å². The number of carboxylic acids is 2. The summed E-state index contributed by atoms with van der Waals surface area (Å²) < 4.78 is 0. The summed E-state index contributed by atoms with van der Waals surface area (Å²) in [7, 11) is 0. The number of rotatable bonds is 7. The summed E-state index contributed by atoms with van der Waals surface area (Å²) >= 11 is 0. The van der Waals surface area contributed by atoms with Crippen LogP contribution < -0.4 is 0 Å². The topological polar surface area (TPSA) is 121 Å². The predicted octanol–water partition coefficient (Wildman–Crippen LogP) is 5.75. The highest BCUT2D eigenvalue weighted by Gasteiger charge is 2.48. The highest BCUT2D eigenvalue weighted by molar-refractivity contribution is 6.00. The van der Waals surface area contributed by atoms with Crippen molar-refractivity contribution in [1.82, 2.24) is 4.90 Å². The molecule has 1 aliphatic heterocycles. The van der Waals surface area contributed by atoms with Crippen LogP contribution in [0.1, 0.15) is 31.9 Å². The smallest absolute Gasteiger partial charge is 0.334 e. The maximum Gasteiger partial charge on any atom is 0.334 e. The van der Waals surface area contributed by atoms with Crippen LogP contribution in [0, 0.1) is 10.1 Å². The van der Waals surface area contributed by atoms with Crippen LogP contribution >= 0.6 is 0 Å². The molecule has 188 valence electrons. The van der Waals surface area contributed by atoms with Crippen molar-refractivity contribution in [3.63, 3.8) is 0 Å². The first-order valence-corrected chi connectivity index (χ1v) is 11.6. The lowest BCUT2D eigenvalue weighted by molar-refractivity contribution is -0.385. The number of allylic oxidation sites excluding steroid dienone is 2. The summed E-state index contributed by atoms with van der Waals surface area (Å²) in [6.45, 7) is 4.99. The van der Waals surface area contributed by atoms with Gasteiger partial charge in [-0.3, -0.25) is 10.1 Å². The number of nitro groups is 1. The third kappa shape index (κ3) is 4.49. The predicted molar refractivity (Wildman–Crippen MR) is 141 cm³/mol. The summed E-state index contributed by atoms with van der Waals surface area (Å²) in [6.07, 6.45) is 3.76. The third-order valence-corrected chi connectivity index (χ3v) is 6.97. The summed E-state index contributed by atoms with van der Waals surface area (Å²) in [5, 5.41) is 34.1. The molecule has 0 atom stereocenters. The molecule has 0 radical (unpaired) electrons. The molecule has 37 heavy (non-hydrogen) atoms. The summed E-state index contributed by atoms with van der Waals surface area (Å²) in [6, 6.07) is 19.5. The minimum absolute atomic E-state index is 0.143. The van der Waals surface area contributed by atoms with Gasteiger partial charge < -0.3 is 15.1 Å². The largest absolute Gasteiger partial charge is 0.478 e. The second-order valence-electron chi connectivity index (χ2n) is 9.08. The fourth-order valence-electron chi connectivity index (χ4n) is 5.21. The van der Waals surface area contributed by atoms with E-state index in [2.05, 4.69) is 0 Å². The molecule has 4 rings (SSSR count). The quantitative estimate of drug-likeness (QED) is 0.314. The molecule has 3 aromatic carbocycles. The van der Waals surface area contributed by atoms with Gasteiger partial charge in [0.25, 0.3) is 5.69 Å². The van der Waals surface area contributed by atoms with Gasteiger partial charge in [-0.25, -0.2) is 9.59 Å². The van der Waals surface area contributed by atoms with Gasteiger partial charge in [-0.05, 0) is 48.7 Å². The van der Waals surface area contributed by atoms with E-state index in [0.29, 0.717) is 11.4 Å². The fraction of sp³-hybridized carbons (Fsp3) is 0.172. The van der Waals surface area contributed by atoms with E-state index in [0.717, 1.165) is 16.3 Å². The van der Waals surface area contributed by atoms with Crippen LogP contribution in [0.15, 0.2) is 95.3 Å². The summed E-state index contributed by atoms with van der Waals surface area (Å²) in [5.41, 5.74) is -0.233. The molecule has 0 unspecified atom stereocenters. The molecule has 0 fully saturated rings. The zero-order valence-electron chi connectivity index (χ0n) is 20.6. The Morgan fingerprint density at radius 3 is 2.14 bits per heavy atom. The Balaban J connectivity index is 1.79. The number of benzene rings is 3. The monoisotopic (exact) mass is 498 g/mol. The number of non-ortho nitro benzene ring substituents is 1. The van der Waals surface area contributed by atoms with E-state index in [-0.39, 0.29) is 28.9 Å². The molecule has 1 aliphatic rings. The standard InChI is InChI=1S/C29H26N2O6/c1-18-25(27(32)33)29(3,23-11-6-12-24(17-23)31(36)37)26(28(34)35)19(2)30(18)15-7-8-20-13-14-21-9-4-5-10-22(21)16-20/h4-14,16-17H,15H2,1-3H3,(H,32,33)(H,34,35). The highest BCUT2D eigenvalue weighted by Crippen LogP contribution is 2.47. The van der Waals surface area contributed by atoms with Gasteiger partial charge in [0, 0.05) is 30.1 Å². The molecule has 8 nitrogen and oxygen atoms in total. The van der Waals surface area contributed by atoms with E-state index in [4.69, 9.17) is 0 Å². The molecule has 1 heterocycles. The number of nitro benzene ring substituents is 1. The van der Waals surface area contributed by atoms with Crippen molar-refractivity contribution < 1.29 is 24.7 Å². The molecule has 0 saturated heterocycles. The molecule has 0 saturated carbocycles. The highest BCUT2D eigenvalue weighted by atomic mass is 16.6. The second-order valence-corrected chi connectivity index (χ2v) is 9.08. The van der Waals surface area contributed by atoms with Gasteiger partial charge in [0.05, 0.1) is 21.5 Å². The lowest BCUT2D eigenvalue weighted by atomic mass is 9.67. The maximum absolute atomic E-state index is 12.6. The van der Waals surface area contributed by atoms with Crippen LogP contribution in [0.25, 0.3) is 16.8 Å². The Hall–Kier alpha value is -4.72. The van der Waals surface area contributed by atoms with Gasteiger partial charge in [0.2, 0.25) is 0 Å². The fourth-order valence-corrected chi connectivity index (χ4v) is 5.21. The minimum Gasteiger partial charge on any atom is -0.478 e. The third-order valence-electron chi connectivity index (χ3n) is 6.97. The van der Waals surface area contributed by atoms with Crippen LogP contribution in [-0.2, 0) is 15.0 Å². The van der Waals surface area contributed by atoms with E-state index in [1.54, 1.807) is 18.7 Å². The van der Waals surface area contributed by atoms with Gasteiger partial charge in [0.15, 0.2) is 0 Å². The average molecular weight is 499 g/mol. The number of carbonyl (C=O) groups is 2. The van der Waals surface area contributed by atoms with Gasteiger partial charge in [-0.15, -0.1) is 0 Å². The molecule has 3 aromatic rings. The zero-order valence-corrected chi connectivity index (χ0v) is 20.6. The SMILES string of the molecule is CC1=C(C(=O)O)C(C)(c2cccc([N+](=O)[O-])c2)C(C(=O)O)=C(C)N1CC=Cc1ccc2ccccc2c1. The Morgan fingerprint density at radius 1 is 0.919 bits per heavy atom.